The molecule has 0 radical (unpaired) electrons. The summed E-state index contributed by atoms with van der Waals surface area (Å²) in [7, 11) is 1.45. The lowest BCUT2D eigenvalue weighted by atomic mass is 9.89. The Morgan fingerprint density at radius 3 is 2.74 bits per heavy atom. The van der Waals surface area contributed by atoms with Gasteiger partial charge >= 0.3 is 5.97 Å². The molecule has 0 bridgehead atoms. The van der Waals surface area contributed by atoms with Crippen molar-refractivity contribution in [1.29, 1.82) is 0 Å². The molecule has 5 heteroatoms. The van der Waals surface area contributed by atoms with Crippen LogP contribution in [0.3, 0.4) is 0 Å². The first kappa shape index (κ1) is 25.6. The Bertz CT molecular complexity index is 750. The smallest absolute Gasteiger partial charge is 0.305 e. The van der Waals surface area contributed by atoms with Crippen molar-refractivity contribution < 1.29 is 23.8 Å². The van der Waals surface area contributed by atoms with Gasteiger partial charge in [0.1, 0.15) is 0 Å². The van der Waals surface area contributed by atoms with Crippen LogP contribution in [0.25, 0.3) is 0 Å². The number of carbonyl (C=O) groups is 2. The van der Waals surface area contributed by atoms with E-state index in [0.717, 1.165) is 70.3 Å². The SMILES string of the molecule is CCC1CCC(C(=O)C=C[C@@H]2[C@H]3CC(=CCCCC(=O)OC)C[C@@H]3C[C@H]2OC2CCCCO2)C1. The third-order valence-electron chi connectivity index (χ3n) is 8.80. The zero-order valence-electron chi connectivity index (χ0n) is 21.2. The van der Waals surface area contributed by atoms with Crippen LogP contribution < -0.4 is 0 Å². The molecule has 1 saturated heterocycles. The Kier molecular flexibility index (Phi) is 9.41. The van der Waals surface area contributed by atoms with Gasteiger partial charge in [-0.25, -0.2) is 0 Å². The molecule has 0 aromatic carbocycles. The average molecular weight is 473 g/mol. The van der Waals surface area contributed by atoms with Crippen molar-refractivity contribution in [3.63, 3.8) is 0 Å². The summed E-state index contributed by atoms with van der Waals surface area (Å²) < 4.78 is 17.2. The van der Waals surface area contributed by atoms with Gasteiger partial charge in [0.15, 0.2) is 12.1 Å². The first-order valence-electron chi connectivity index (χ1n) is 13.8. The summed E-state index contributed by atoms with van der Waals surface area (Å²) in [6.45, 7) is 3.03. The van der Waals surface area contributed by atoms with E-state index in [9.17, 15) is 9.59 Å². The summed E-state index contributed by atoms with van der Waals surface area (Å²) >= 11 is 0. The van der Waals surface area contributed by atoms with Gasteiger partial charge in [-0.05, 0) is 94.5 Å². The average Bonchev–Trinajstić information content (AvgIpc) is 3.56. The molecule has 1 heterocycles. The number of methoxy groups -OCH3 is 1. The van der Waals surface area contributed by atoms with Crippen molar-refractivity contribution in [2.24, 2.45) is 29.6 Å². The van der Waals surface area contributed by atoms with Gasteiger partial charge in [-0.1, -0.05) is 31.1 Å². The molecule has 7 atom stereocenters. The number of rotatable bonds is 10. The minimum absolute atomic E-state index is 0.0855. The third kappa shape index (κ3) is 6.60. The van der Waals surface area contributed by atoms with E-state index in [-0.39, 0.29) is 30.2 Å². The fraction of sp³-hybridized carbons (Fsp3) is 0.793. The predicted molar refractivity (Wildman–Crippen MR) is 132 cm³/mol. The van der Waals surface area contributed by atoms with Crippen LogP contribution >= 0.6 is 0 Å². The first-order chi connectivity index (χ1) is 16.6. The molecule has 1 aliphatic heterocycles. The van der Waals surface area contributed by atoms with E-state index >= 15 is 0 Å². The van der Waals surface area contributed by atoms with Crippen LogP contribution in [-0.2, 0) is 23.8 Å². The topological polar surface area (TPSA) is 61.8 Å². The molecule has 0 N–H and O–H groups in total. The summed E-state index contributed by atoms with van der Waals surface area (Å²) in [5.74, 6) is 2.56. The highest BCUT2D eigenvalue weighted by atomic mass is 16.7. The van der Waals surface area contributed by atoms with E-state index in [1.165, 1.54) is 31.9 Å². The summed E-state index contributed by atoms with van der Waals surface area (Å²) in [5, 5.41) is 0. The number of hydrogen-bond donors (Lipinski definition) is 0. The summed E-state index contributed by atoms with van der Waals surface area (Å²) in [6, 6.07) is 0. The van der Waals surface area contributed by atoms with E-state index in [4.69, 9.17) is 14.2 Å². The number of carbonyl (C=O) groups excluding carboxylic acids is 2. The lowest BCUT2D eigenvalue weighted by Crippen LogP contribution is -2.30. The molecular weight excluding hydrogens is 428 g/mol. The minimum atomic E-state index is -0.131. The number of ether oxygens (including phenoxy) is 3. The van der Waals surface area contributed by atoms with Gasteiger partial charge in [0, 0.05) is 24.9 Å². The number of ketones is 1. The van der Waals surface area contributed by atoms with Crippen molar-refractivity contribution >= 4 is 11.8 Å². The largest absolute Gasteiger partial charge is 0.469 e. The Morgan fingerprint density at radius 1 is 1.12 bits per heavy atom. The molecule has 4 fully saturated rings. The molecule has 3 saturated carbocycles. The molecule has 4 aliphatic rings. The first-order valence-corrected chi connectivity index (χ1v) is 13.8. The van der Waals surface area contributed by atoms with Crippen LogP contribution in [0.2, 0.25) is 0 Å². The molecule has 0 amide bonds. The monoisotopic (exact) mass is 472 g/mol. The van der Waals surface area contributed by atoms with Gasteiger partial charge in [-0.2, -0.15) is 0 Å². The number of unbranched alkanes of at least 4 members (excludes halogenated alkanes) is 1. The van der Waals surface area contributed by atoms with Crippen LogP contribution in [0.1, 0.15) is 90.4 Å². The maximum absolute atomic E-state index is 13.0. The standard InChI is InChI=1S/C29H44O5/c1-3-20-11-12-22(16-20)26(30)14-13-24-25-18-21(8-4-5-9-28(31)32-2)17-23(25)19-27(24)34-29-10-6-7-15-33-29/h8,13-14,20,22-25,27,29H,3-7,9-12,15-19H2,1-2H3/t20?,22?,23-,24-,25+,27-,29?/m1/s1. The van der Waals surface area contributed by atoms with Crippen LogP contribution in [0.4, 0.5) is 0 Å². The van der Waals surface area contributed by atoms with Gasteiger partial charge in [0.05, 0.1) is 13.2 Å². The molecule has 3 unspecified atom stereocenters. The van der Waals surface area contributed by atoms with E-state index in [1.54, 1.807) is 0 Å². The lowest BCUT2D eigenvalue weighted by molar-refractivity contribution is -0.193. The highest BCUT2D eigenvalue weighted by Gasteiger charge is 2.47. The van der Waals surface area contributed by atoms with Crippen molar-refractivity contribution in [1.82, 2.24) is 0 Å². The second kappa shape index (κ2) is 12.5. The van der Waals surface area contributed by atoms with Crippen LogP contribution in [-0.4, -0.2) is 37.9 Å². The van der Waals surface area contributed by atoms with Crippen molar-refractivity contribution in [2.75, 3.05) is 13.7 Å². The predicted octanol–water partition coefficient (Wildman–Crippen LogP) is 6.17. The lowest BCUT2D eigenvalue weighted by Gasteiger charge is -2.29. The molecule has 190 valence electrons. The quantitative estimate of drug-likeness (QED) is 0.165. The van der Waals surface area contributed by atoms with Gasteiger partial charge in [-0.3, -0.25) is 9.59 Å². The van der Waals surface area contributed by atoms with Crippen molar-refractivity contribution in [3.8, 4) is 0 Å². The number of hydrogen-bond acceptors (Lipinski definition) is 5. The molecule has 4 rings (SSSR count). The summed E-state index contributed by atoms with van der Waals surface area (Å²) in [4.78, 5) is 24.3. The highest BCUT2D eigenvalue weighted by molar-refractivity contribution is 5.91. The van der Waals surface area contributed by atoms with Gasteiger partial charge in [0.2, 0.25) is 0 Å². The van der Waals surface area contributed by atoms with Gasteiger partial charge in [-0.15, -0.1) is 0 Å². The zero-order valence-corrected chi connectivity index (χ0v) is 21.2. The highest BCUT2D eigenvalue weighted by Crippen LogP contribution is 2.52. The van der Waals surface area contributed by atoms with E-state index in [1.807, 2.05) is 6.08 Å². The third-order valence-corrected chi connectivity index (χ3v) is 8.80. The Balaban J connectivity index is 1.38. The van der Waals surface area contributed by atoms with E-state index in [2.05, 4.69) is 19.1 Å². The zero-order chi connectivity index (χ0) is 23.9. The fourth-order valence-corrected chi connectivity index (χ4v) is 6.77. The number of allylic oxidation sites excluding steroid dienone is 3. The maximum atomic E-state index is 13.0. The second-order valence-electron chi connectivity index (χ2n) is 11.0. The number of esters is 1. The van der Waals surface area contributed by atoms with E-state index in [0.29, 0.717) is 24.0 Å². The van der Waals surface area contributed by atoms with Crippen molar-refractivity contribution in [2.45, 2.75) is 103 Å². The summed E-state index contributed by atoms with van der Waals surface area (Å²) in [6.07, 6.45) is 19.8. The Morgan fingerprint density at radius 2 is 2.00 bits per heavy atom. The molecule has 3 aliphatic carbocycles. The normalized spacial score (nSPS) is 36.9. The Labute approximate surface area is 205 Å². The van der Waals surface area contributed by atoms with E-state index < -0.39 is 0 Å². The molecule has 0 aromatic rings. The molecule has 0 aromatic heterocycles. The van der Waals surface area contributed by atoms with Gasteiger partial charge < -0.3 is 14.2 Å². The van der Waals surface area contributed by atoms with Crippen LogP contribution in [0, 0.1) is 29.6 Å². The molecule has 34 heavy (non-hydrogen) atoms. The van der Waals surface area contributed by atoms with Crippen molar-refractivity contribution in [3.05, 3.63) is 23.8 Å². The second-order valence-corrected chi connectivity index (χ2v) is 11.0. The van der Waals surface area contributed by atoms with Gasteiger partial charge in [0.25, 0.3) is 0 Å². The minimum Gasteiger partial charge on any atom is -0.469 e. The Hall–Kier alpha value is -1.46. The molecular formula is C29H44O5. The fourth-order valence-electron chi connectivity index (χ4n) is 6.77. The number of fused-ring (bicyclic) bond motifs is 1. The van der Waals surface area contributed by atoms with Crippen LogP contribution in [0.15, 0.2) is 23.8 Å². The van der Waals surface area contributed by atoms with Crippen LogP contribution in [0.5, 0.6) is 0 Å². The molecule has 5 nitrogen and oxygen atoms in total. The molecule has 0 spiro atoms. The summed E-state index contributed by atoms with van der Waals surface area (Å²) in [5.41, 5.74) is 1.51. The maximum Gasteiger partial charge on any atom is 0.305 e.